The Hall–Kier alpha value is -2.15. The summed E-state index contributed by atoms with van der Waals surface area (Å²) in [6.07, 6.45) is 1.23. The van der Waals surface area contributed by atoms with Gasteiger partial charge in [0.1, 0.15) is 5.41 Å². The molecule has 2 rings (SSSR count). The summed E-state index contributed by atoms with van der Waals surface area (Å²) in [4.78, 5) is 23.0. The highest BCUT2D eigenvalue weighted by atomic mass is 16.2. The van der Waals surface area contributed by atoms with Crippen molar-refractivity contribution >= 4 is 17.4 Å². The van der Waals surface area contributed by atoms with Crippen molar-refractivity contribution in [2.24, 2.45) is 5.41 Å². The van der Waals surface area contributed by atoms with E-state index in [0.717, 1.165) is 0 Å². The van der Waals surface area contributed by atoms with Gasteiger partial charge >= 0.3 is 0 Å². The van der Waals surface area contributed by atoms with Crippen LogP contribution in [0.4, 0.5) is 5.69 Å². The summed E-state index contributed by atoms with van der Waals surface area (Å²) in [7, 11) is 0. The Morgan fingerprint density at radius 3 is 2.65 bits per heavy atom. The van der Waals surface area contributed by atoms with Crippen LogP contribution < -0.4 is 5.32 Å². The molecule has 0 heterocycles. The van der Waals surface area contributed by atoms with E-state index in [1.165, 1.54) is 6.92 Å². The number of nitriles is 1. The zero-order valence-corrected chi connectivity index (χ0v) is 9.49. The molecule has 4 heteroatoms. The van der Waals surface area contributed by atoms with E-state index < -0.39 is 5.41 Å². The molecule has 1 fully saturated rings. The van der Waals surface area contributed by atoms with Gasteiger partial charge in [-0.2, -0.15) is 5.26 Å². The van der Waals surface area contributed by atoms with Crippen LogP contribution in [0.15, 0.2) is 24.3 Å². The number of benzene rings is 1. The molecule has 0 aromatic heterocycles. The highest BCUT2D eigenvalue weighted by Crippen LogP contribution is 2.45. The zero-order chi connectivity index (χ0) is 12.5. The molecule has 1 aromatic carbocycles. The number of hydrogen-bond acceptors (Lipinski definition) is 3. The minimum Gasteiger partial charge on any atom is -0.325 e. The molecule has 1 N–H and O–H groups in total. The van der Waals surface area contributed by atoms with Crippen molar-refractivity contribution in [3.8, 4) is 6.07 Å². The maximum atomic E-state index is 11.8. The second-order valence-corrected chi connectivity index (χ2v) is 4.29. The van der Waals surface area contributed by atoms with Crippen LogP contribution in [0.5, 0.6) is 0 Å². The van der Waals surface area contributed by atoms with Gasteiger partial charge in [0.15, 0.2) is 5.78 Å². The fraction of sp³-hybridized carbons (Fsp3) is 0.308. The second kappa shape index (κ2) is 4.02. The monoisotopic (exact) mass is 228 g/mol. The summed E-state index contributed by atoms with van der Waals surface area (Å²) in [5.41, 5.74) is 0.264. The number of carbonyl (C=O) groups excluding carboxylic acids is 2. The Balaban J connectivity index is 2.15. The minimum absolute atomic E-state index is 0.0532. The van der Waals surface area contributed by atoms with Crippen LogP contribution in [0.1, 0.15) is 30.1 Å². The van der Waals surface area contributed by atoms with Crippen molar-refractivity contribution in [3.63, 3.8) is 0 Å². The molecule has 17 heavy (non-hydrogen) atoms. The van der Waals surface area contributed by atoms with E-state index in [9.17, 15) is 9.59 Å². The first-order valence-electron chi connectivity index (χ1n) is 5.41. The van der Waals surface area contributed by atoms with Gasteiger partial charge in [-0.3, -0.25) is 9.59 Å². The Morgan fingerprint density at radius 1 is 1.41 bits per heavy atom. The maximum Gasteiger partial charge on any atom is 0.244 e. The van der Waals surface area contributed by atoms with Gasteiger partial charge in [-0.15, -0.1) is 0 Å². The fourth-order valence-electron chi connectivity index (χ4n) is 1.58. The Labute approximate surface area is 99.2 Å². The van der Waals surface area contributed by atoms with Gasteiger partial charge in [0.2, 0.25) is 5.91 Å². The number of Topliss-reactive ketones (excluding diaryl/α,β-unsaturated/α-hetero) is 1. The van der Waals surface area contributed by atoms with Crippen LogP contribution in [0, 0.1) is 16.7 Å². The average molecular weight is 228 g/mol. The third kappa shape index (κ3) is 2.18. The van der Waals surface area contributed by atoms with E-state index in [1.807, 2.05) is 6.07 Å². The van der Waals surface area contributed by atoms with E-state index in [0.29, 0.717) is 24.1 Å². The number of amides is 1. The molecule has 0 radical (unpaired) electrons. The average Bonchev–Trinajstić information content (AvgIpc) is 3.10. The summed E-state index contributed by atoms with van der Waals surface area (Å²) in [6, 6.07) is 8.75. The van der Waals surface area contributed by atoms with Gasteiger partial charge in [-0.1, -0.05) is 12.1 Å². The molecular weight excluding hydrogens is 216 g/mol. The van der Waals surface area contributed by atoms with Gasteiger partial charge in [0.25, 0.3) is 0 Å². The minimum atomic E-state index is -0.841. The van der Waals surface area contributed by atoms with Gasteiger partial charge in [0, 0.05) is 11.3 Å². The third-order valence-corrected chi connectivity index (χ3v) is 2.93. The predicted octanol–water partition coefficient (Wildman–Crippen LogP) is 2.13. The van der Waals surface area contributed by atoms with Crippen molar-refractivity contribution in [1.29, 1.82) is 5.26 Å². The largest absolute Gasteiger partial charge is 0.325 e. The molecule has 0 unspecified atom stereocenters. The summed E-state index contributed by atoms with van der Waals surface area (Å²) in [6.45, 7) is 1.47. The van der Waals surface area contributed by atoms with Crippen molar-refractivity contribution in [1.82, 2.24) is 0 Å². The number of rotatable bonds is 3. The molecule has 1 aromatic rings. The van der Waals surface area contributed by atoms with Crippen molar-refractivity contribution in [3.05, 3.63) is 29.8 Å². The molecule has 1 saturated carbocycles. The van der Waals surface area contributed by atoms with Crippen molar-refractivity contribution < 1.29 is 9.59 Å². The molecule has 86 valence electrons. The third-order valence-electron chi connectivity index (χ3n) is 2.93. The fourth-order valence-corrected chi connectivity index (χ4v) is 1.58. The standard InChI is InChI=1S/C13H12N2O2/c1-9(16)10-3-2-4-11(7-10)15-12(17)13(8-14)5-6-13/h2-4,7H,5-6H2,1H3,(H,15,17). The Morgan fingerprint density at radius 2 is 2.12 bits per heavy atom. The van der Waals surface area contributed by atoms with Gasteiger partial charge in [-0.25, -0.2) is 0 Å². The first-order valence-corrected chi connectivity index (χ1v) is 5.41. The number of nitrogens with one attached hydrogen (secondary N) is 1. The number of hydrogen-bond donors (Lipinski definition) is 1. The van der Waals surface area contributed by atoms with E-state index in [4.69, 9.17) is 5.26 Å². The zero-order valence-electron chi connectivity index (χ0n) is 9.49. The topological polar surface area (TPSA) is 70.0 Å². The van der Waals surface area contributed by atoms with E-state index >= 15 is 0 Å². The highest BCUT2D eigenvalue weighted by molar-refractivity contribution is 6.01. The lowest BCUT2D eigenvalue weighted by atomic mass is 10.1. The molecule has 1 amide bonds. The molecule has 0 atom stereocenters. The SMILES string of the molecule is CC(=O)c1cccc(NC(=O)C2(C#N)CC2)c1. The highest BCUT2D eigenvalue weighted by Gasteiger charge is 2.50. The lowest BCUT2D eigenvalue weighted by Crippen LogP contribution is -2.22. The number of carbonyl (C=O) groups is 2. The molecule has 0 bridgehead atoms. The molecule has 0 saturated heterocycles. The van der Waals surface area contributed by atoms with Crippen LogP contribution in [0.2, 0.25) is 0 Å². The number of nitrogens with zero attached hydrogens (tertiary/aromatic N) is 1. The summed E-state index contributed by atoms with van der Waals surface area (Å²) in [5, 5.41) is 11.6. The lowest BCUT2D eigenvalue weighted by molar-refractivity contribution is -0.119. The number of ketones is 1. The van der Waals surface area contributed by atoms with Crippen molar-refractivity contribution in [2.75, 3.05) is 5.32 Å². The van der Waals surface area contributed by atoms with E-state index in [-0.39, 0.29) is 11.7 Å². The van der Waals surface area contributed by atoms with Crippen molar-refractivity contribution in [2.45, 2.75) is 19.8 Å². The van der Waals surface area contributed by atoms with Crippen LogP contribution in [-0.2, 0) is 4.79 Å². The molecule has 0 spiro atoms. The van der Waals surface area contributed by atoms with Crippen LogP contribution in [0.3, 0.4) is 0 Å². The molecule has 1 aliphatic carbocycles. The van der Waals surface area contributed by atoms with Crippen LogP contribution in [-0.4, -0.2) is 11.7 Å². The summed E-state index contributed by atoms with van der Waals surface area (Å²) >= 11 is 0. The first-order chi connectivity index (χ1) is 8.07. The number of anilines is 1. The Kier molecular flexibility index (Phi) is 2.68. The molecule has 4 nitrogen and oxygen atoms in total. The summed E-state index contributed by atoms with van der Waals surface area (Å²) < 4.78 is 0. The maximum absolute atomic E-state index is 11.8. The molecule has 0 aliphatic heterocycles. The smallest absolute Gasteiger partial charge is 0.244 e. The Bertz CT molecular complexity index is 524. The van der Waals surface area contributed by atoms with Crippen LogP contribution in [0.25, 0.3) is 0 Å². The quantitative estimate of drug-likeness (QED) is 0.805. The van der Waals surface area contributed by atoms with Crippen LogP contribution >= 0.6 is 0 Å². The predicted molar refractivity (Wildman–Crippen MR) is 62.4 cm³/mol. The second-order valence-electron chi connectivity index (χ2n) is 4.29. The molecular formula is C13H12N2O2. The van der Waals surface area contributed by atoms with Gasteiger partial charge in [0.05, 0.1) is 6.07 Å². The normalized spacial score (nSPS) is 15.8. The first kappa shape index (κ1) is 11.3. The van der Waals surface area contributed by atoms with E-state index in [1.54, 1.807) is 24.3 Å². The molecule has 1 aliphatic rings. The lowest BCUT2D eigenvalue weighted by Gasteiger charge is -2.08. The van der Waals surface area contributed by atoms with Gasteiger partial charge < -0.3 is 5.32 Å². The van der Waals surface area contributed by atoms with E-state index in [2.05, 4.69) is 5.32 Å². The van der Waals surface area contributed by atoms with Gasteiger partial charge in [-0.05, 0) is 31.9 Å². The summed E-state index contributed by atoms with van der Waals surface area (Å²) in [5.74, 6) is -0.330.